The largest absolute Gasteiger partial charge is 0.271 e. The Labute approximate surface area is 148 Å². The summed E-state index contributed by atoms with van der Waals surface area (Å²) in [7, 11) is 0. The molecule has 0 amide bonds. The first-order chi connectivity index (χ1) is 11.8. The molecule has 0 fully saturated rings. The fourth-order valence-electron chi connectivity index (χ4n) is 2.05. The first kappa shape index (κ1) is 16.2. The maximum absolute atomic E-state index is 8.72. The van der Waals surface area contributed by atoms with Crippen molar-refractivity contribution in [2.75, 3.05) is 6.26 Å². The standard InChI is InChI=1S/C17H13N5S2/c1-23-17(20-11-18)21-14-6-2-4-12(8-14)15-10-24-16(22-15)13-5-3-7-19-9-13/h2-10H,1H3,(H,20,21). The predicted octanol–water partition coefficient (Wildman–Crippen LogP) is 4.29. The molecule has 0 aliphatic carbocycles. The van der Waals surface area contributed by atoms with Crippen molar-refractivity contribution in [3.63, 3.8) is 0 Å². The van der Waals surface area contributed by atoms with Crippen molar-refractivity contribution >= 4 is 34.0 Å². The molecule has 0 bridgehead atoms. The summed E-state index contributed by atoms with van der Waals surface area (Å²) in [6.45, 7) is 0. The lowest BCUT2D eigenvalue weighted by Crippen LogP contribution is -2.12. The smallest absolute Gasteiger partial charge is 0.183 e. The number of nitriles is 1. The molecule has 1 aromatic carbocycles. The summed E-state index contributed by atoms with van der Waals surface area (Å²) < 4.78 is 0. The maximum atomic E-state index is 8.72. The van der Waals surface area contributed by atoms with Gasteiger partial charge < -0.3 is 0 Å². The van der Waals surface area contributed by atoms with Crippen LogP contribution in [0.4, 0.5) is 5.69 Å². The highest BCUT2D eigenvalue weighted by Gasteiger charge is 2.07. The summed E-state index contributed by atoms with van der Waals surface area (Å²) >= 11 is 2.97. The van der Waals surface area contributed by atoms with Crippen LogP contribution in [0.2, 0.25) is 0 Å². The van der Waals surface area contributed by atoms with Gasteiger partial charge in [0.1, 0.15) is 5.01 Å². The minimum absolute atomic E-state index is 0.559. The van der Waals surface area contributed by atoms with Gasteiger partial charge in [-0.15, -0.1) is 11.3 Å². The minimum atomic E-state index is 0.559. The molecule has 0 aliphatic heterocycles. The number of thiazole rings is 1. The van der Waals surface area contributed by atoms with Gasteiger partial charge in [-0.1, -0.05) is 23.9 Å². The third-order valence-corrected chi connectivity index (χ3v) is 4.61. The van der Waals surface area contributed by atoms with E-state index in [1.165, 1.54) is 11.8 Å². The number of pyridine rings is 1. The molecule has 2 heterocycles. The van der Waals surface area contributed by atoms with Gasteiger partial charge in [0, 0.05) is 28.9 Å². The molecule has 0 radical (unpaired) electrons. The SMILES string of the molecule is CSC(=Nc1cccc(-c2csc(-c3cccnc3)n2)c1)NC#N. The van der Waals surface area contributed by atoms with Gasteiger partial charge in [0.2, 0.25) is 0 Å². The predicted molar refractivity (Wildman–Crippen MR) is 100 cm³/mol. The number of rotatable bonds is 3. The van der Waals surface area contributed by atoms with Crippen LogP contribution in [0.3, 0.4) is 0 Å². The Bertz CT molecular complexity index is 897. The number of nitrogens with one attached hydrogen (secondary N) is 1. The van der Waals surface area contributed by atoms with E-state index in [0.29, 0.717) is 5.17 Å². The second-order valence-electron chi connectivity index (χ2n) is 4.69. The van der Waals surface area contributed by atoms with Gasteiger partial charge in [0.05, 0.1) is 11.4 Å². The van der Waals surface area contributed by atoms with Gasteiger partial charge in [-0.2, -0.15) is 5.26 Å². The first-order valence-electron chi connectivity index (χ1n) is 7.04. The molecule has 0 atom stereocenters. The van der Waals surface area contributed by atoms with E-state index >= 15 is 0 Å². The molecule has 5 nitrogen and oxygen atoms in total. The molecule has 2 aromatic heterocycles. The van der Waals surface area contributed by atoms with E-state index in [4.69, 9.17) is 5.26 Å². The molecule has 0 unspecified atom stereocenters. The number of hydrogen-bond acceptors (Lipinski definition) is 6. The Kier molecular flexibility index (Phi) is 5.21. The van der Waals surface area contributed by atoms with E-state index in [1.807, 2.05) is 60.4 Å². The zero-order valence-electron chi connectivity index (χ0n) is 12.8. The molecule has 7 heteroatoms. The number of aliphatic imine (C=N–C) groups is 1. The van der Waals surface area contributed by atoms with Crippen LogP contribution in [0.15, 0.2) is 59.2 Å². The quantitative estimate of drug-likeness (QED) is 0.330. The van der Waals surface area contributed by atoms with Crippen molar-refractivity contribution in [3.05, 3.63) is 54.2 Å². The highest BCUT2D eigenvalue weighted by molar-refractivity contribution is 8.13. The lowest BCUT2D eigenvalue weighted by Gasteiger charge is -2.02. The summed E-state index contributed by atoms with van der Waals surface area (Å²) in [4.78, 5) is 13.2. The molecule has 3 aromatic rings. The minimum Gasteiger partial charge on any atom is -0.271 e. The van der Waals surface area contributed by atoms with Gasteiger partial charge in [-0.25, -0.2) is 9.98 Å². The summed E-state index contributed by atoms with van der Waals surface area (Å²) in [6.07, 6.45) is 7.31. The van der Waals surface area contributed by atoms with Crippen LogP contribution in [0, 0.1) is 11.5 Å². The van der Waals surface area contributed by atoms with E-state index < -0.39 is 0 Å². The lowest BCUT2D eigenvalue weighted by atomic mass is 10.1. The Balaban J connectivity index is 1.90. The number of nitrogens with zero attached hydrogens (tertiary/aromatic N) is 4. The van der Waals surface area contributed by atoms with E-state index in [0.717, 1.165) is 27.5 Å². The summed E-state index contributed by atoms with van der Waals surface area (Å²) in [5, 5.41) is 14.8. The number of thioether (sulfide) groups is 1. The van der Waals surface area contributed by atoms with E-state index in [1.54, 1.807) is 17.5 Å². The second kappa shape index (κ2) is 7.73. The summed E-state index contributed by atoms with van der Waals surface area (Å²) in [6, 6.07) is 11.7. The summed E-state index contributed by atoms with van der Waals surface area (Å²) in [5.74, 6) is 0. The van der Waals surface area contributed by atoms with Gasteiger partial charge >= 0.3 is 0 Å². The van der Waals surface area contributed by atoms with Crippen molar-refractivity contribution in [2.24, 2.45) is 4.99 Å². The Morgan fingerprint density at radius 3 is 2.92 bits per heavy atom. The highest BCUT2D eigenvalue weighted by atomic mass is 32.2. The fourth-order valence-corrected chi connectivity index (χ4v) is 3.22. The lowest BCUT2D eigenvalue weighted by molar-refractivity contribution is 1.28. The van der Waals surface area contributed by atoms with Gasteiger partial charge in [0.25, 0.3) is 0 Å². The molecule has 3 rings (SSSR count). The van der Waals surface area contributed by atoms with Crippen molar-refractivity contribution in [2.45, 2.75) is 0 Å². The van der Waals surface area contributed by atoms with Crippen molar-refractivity contribution in [1.29, 1.82) is 5.26 Å². The van der Waals surface area contributed by atoms with Crippen LogP contribution in [0.1, 0.15) is 0 Å². The van der Waals surface area contributed by atoms with Gasteiger partial charge in [-0.05, 0) is 30.5 Å². The molecule has 0 aliphatic rings. The van der Waals surface area contributed by atoms with E-state index in [9.17, 15) is 0 Å². The molecule has 118 valence electrons. The third-order valence-electron chi connectivity index (χ3n) is 3.14. The van der Waals surface area contributed by atoms with Gasteiger partial charge in [-0.3, -0.25) is 10.3 Å². The zero-order valence-corrected chi connectivity index (χ0v) is 14.4. The van der Waals surface area contributed by atoms with Gasteiger partial charge in [0.15, 0.2) is 11.4 Å². The number of amidine groups is 1. The maximum Gasteiger partial charge on any atom is 0.183 e. The monoisotopic (exact) mass is 351 g/mol. The molecule has 0 saturated carbocycles. The average Bonchev–Trinajstić information content (AvgIpc) is 3.12. The number of hydrogen-bond donors (Lipinski definition) is 1. The van der Waals surface area contributed by atoms with Crippen molar-refractivity contribution in [3.8, 4) is 28.0 Å². The van der Waals surface area contributed by atoms with Crippen LogP contribution in [-0.4, -0.2) is 21.4 Å². The van der Waals surface area contributed by atoms with Crippen molar-refractivity contribution in [1.82, 2.24) is 15.3 Å². The normalized spacial score (nSPS) is 11.1. The van der Waals surface area contributed by atoms with E-state index in [2.05, 4.69) is 20.3 Å². The van der Waals surface area contributed by atoms with Crippen molar-refractivity contribution < 1.29 is 0 Å². The number of aromatic nitrogens is 2. The molecule has 1 N–H and O–H groups in total. The second-order valence-corrected chi connectivity index (χ2v) is 6.34. The fraction of sp³-hybridized carbons (Fsp3) is 0.0588. The van der Waals surface area contributed by atoms with E-state index in [-0.39, 0.29) is 0 Å². The van der Waals surface area contributed by atoms with Crippen LogP contribution < -0.4 is 5.32 Å². The number of benzene rings is 1. The molecular weight excluding hydrogens is 338 g/mol. The Morgan fingerprint density at radius 2 is 2.17 bits per heavy atom. The van der Waals surface area contributed by atoms with Crippen LogP contribution >= 0.6 is 23.1 Å². The first-order valence-corrected chi connectivity index (χ1v) is 9.15. The molecule has 0 saturated heterocycles. The summed E-state index contributed by atoms with van der Waals surface area (Å²) in [5.41, 5.74) is 3.66. The molecule has 0 spiro atoms. The topological polar surface area (TPSA) is 74.0 Å². The van der Waals surface area contributed by atoms with Crippen LogP contribution in [0.25, 0.3) is 21.8 Å². The Morgan fingerprint density at radius 1 is 1.29 bits per heavy atom. The average molecular weight is 351 g/mol. The van der Waals surface area contributed by atoms with Crippen LogP contribution in [-0.2, 0) is 0 Å². The zero-order chi connectivity index (χ0) is 16.8. The third kappa shape index (κ3) is 3.79. The molecular formula is C17H13N5S2. The molecule has 24 heavy (non-hydrogen) atoms. The Hall–Kier alpha value is -2.69. The van der Waals surface area contributed by atoms with Crippen LogP contribution in [0.5, 0.6) is 0 Å². The highest BCUT2D eigenvalue weighted by Crippen LogP contribution is 2.30.